The van der Waals surface area contributed by atoms with E-state index in [4.69, 9.17) is 10.5 Å². The number of halogens is 1. The highest BCUT2D eigenvalue weighted by Crippen LogP contribution is 2.29. The summed E-state index contributed by atoms with van der Waals surface area (Å²) in [6, 6.07) is 10.7. The van der Waals surface area contributed by atoms with Gasteiger partial charge in [0, 0.05) is 12.1 Å². The van der Waals surface area contributed by atoms with Crippen LogP contribution in [0.5, 0.6) is 11.5 Å². The van der Waals surface area contributed by atoms with E-state index >= 15 is 0 Å². The molecule has 1 unspecified atom stereocenters. The fraction of sp³-hybridized carbons (Fsp3) is 0.294. The number of ether oxygens (including phenoxy) is 1. The summed E-state index contributed by atoms with van der Waals surface area (Å²) in [5.74, 6) is 0.997. The lowest BCUT2D eigenvalue weighted by atomic mass is 10.0. The predicted octanol–water partition coefficient (Wildman–Crippen LogP) is 4.12. The summed E-state index contributed by atoms with van der Waals surface area (Å²) in [4.78, 5) is 0. The lowest BCUT2D eigenvalue weighted by Gasteiger charge is -2.13. The van der Waals surface area contributed by atoms with E-state index in [1.807, 2.05) is 32.9 Å². The van der Waals surface area contributed by atoms with Crippen LogP contribution < -0.4 is 10.5 Å². The lowest BCUT2D eigenvalue weighted by molar-refractivity contribution is 0.469. The van der Waals surface area contributed by atoms with E-state index in [1.54, 1.807) is 6.07 Å². The smallest absolute Gasteiger partial charge is 0.133 e. The quantitative estimate of drug-likeness (QED) is 0.909. The Balaban J connectivity index is 2.23. The standard InChI is InChI=1S/C17H20FNO/c1-11-4-6-15(18)10-17(11)20-16-7-5-14(8-12(16)2)9-13(3)19/h4-8,10,13H,9,19H2,1-3H3. The van der Waals surface area contributed by atoms with Gasteiger partial charge in [0.05, 0.1) is 0 Å². The fourth-order valence-electron chi connectivity index (χ4n) is 2.13. The first kappa shape index (κ1) is 14.5. The van der Waals surface area contributed by atoms with E-state index in [-0.39, 0.29) is 11.9 Å². The highest BCUT2D eigenvalue weighted by molar-refractivity contribution is 5.42. The van der Waals surface area contributed by atoms with Crippen LogP contribution in [0.3, 0.4) is 0 Å². The zero-order valence-electron chi connectivity index (χ0n) is 12.1. The maximum atomic E-state index is 13.3. The van der Waals surface area contributed by atoms with E-state index in [0.29, 0.717) is 5.75 Å². The molecule has 0 spiro atoms. The predicted molar refractivity (Wildman–Crippen MR) is 79.7 cm³/mol. The summed E-state index contributed by atoms with van der Waals surface area (Å²) in [5, 5.41) is 0. The van der Waals surface area contributed by atoms with Crippen LogP contribution in [-0.4, -0.2) is 6.04 Å². The Morgan fingerprint density at radius 2 is 1.80 bits per heavy atom. The topological polar surface area (TPSA) is 35.2 Å². The van der Waals surface area contributed by atoms with Gasteiger partial charge in [0.15, 0.2) is 0 Å². The van der Waals surface area contributed by atoms with E-state index < -0.39 is 0 Å². The molecule has 0 aliphatic heterocycles. The van der Waals surface area contributed by atoms with E-state index in [9.17, 15) is 4.39 Å². The van der Waals surface area contributed by atoms with Crippen molar-refractivity contribution < 1.29 is 9.13 Å². The van der Waals surface area contributed by atoms with Crippen molar-refractivity contribution in [2.75, 3.05) is 0 Å². The van der Waals surface area contributed by atoms with Gasteiger partial charge in [-0.05, 0) is 56.0 Å². The Hall–Kier alpha value is -1.87. The second-order valence-corrected chi connectivity index (χ2v) is 5.29. The molecule has 2 aromatic carbocycles. The molecule has 0 fully saturated rings. The van der Waals surface area contributed by atoms with Crippen LogP contribution in [0.4, 0.5) is 4.39 Å². The molecule has 0 saturated carbocycles. The van der Waals surface area contributed by atoms with Gasteiger partial charge < -0.3 is 10.5 Å². The van der Waals surface area contributed by atoms with Crippen LogP contribution in [0.15, 0.2) is 36.4 Å². The molecule has 3 heteroatoms. The monoisotopic (exact) mass is 273 g/mol. The van der Waals surface area contributed by atoms with Crippen LogP contribution in [0, 0.1) is 19.7 Å². The van der Waals surface area contributed by atoms with Crippen LogP contribution in [0.1, 0.15) is 23.6 Å². The Morgan fingerprint density at radius 1 is 1.05 bits per heavy atom. The van der Waals surface area contributed by atoms with Crippen LogP contribution in [-0.2, 0) is 6.42 Å². The summed E-state index contributed by atoms with van der Waals surface area (Å²) >= 11 is 0. The number of aryl methyl sites for hydroxylation is 2. The Labute approximate surface area is 119 Å². The summed E-state index contributed by atoms with van der Waals surface area (Å²) in [5.41, 5.74) is 8.91. The first-order valence-corrected chi connectivity index (χ1v) is 6.75. The number of hydrogen-bond acceptors (Lipinski definition) is 2. The average molecular weight is 273 g/mol. The molecular formula is C17H20FNO. The maximum Gasteiger partial charge on any atom is 0.133 e. The number of benzene rings is 2. The third-order valence-electron chi connectivity index (χ3n) is 3.17. The van der Waals surface area contributed by atoms with Gasteiger partial charge in [-0.25, -0.2) is 4.39 Å². The molecule has 0 aliphatic rings. The molecule has 0 amide bonds. The second kappa shape index (κ2) is 6.06. The number of rotatable bonds is 4. The minimum Gasteiger partial charge on any atom is -0.457 e. The van der Waals surface area contributed by atoms with Crippen molar-refractivity contribution in [1.29, 1.82) is 0 Å². The van der Waals surface area contributed by atoms with Crippen molar-refractivity contribution in [3.05, 3.63) is 58.9 Å². The summed E-state index contributed by atoms with van der Waals surface area (Å²) in [6.45, 7) is 5.86. The molecular weight excluding hydrogens is 253 g/mol. The molecule has 2 N–H and O–H groups in total. The molecule has 2 aromatic rings. The van der Waals surface area contributed by atoms with Crippen molar-refractivity contribution in [2.45, 2.75) is 33.2 Å². The van der Waals surface area contributed by atoms with Crippen molar-refractivity contribution >= 4 is 0 Å². The second-order valence-electron chi connectivity index (χ2n) is 5.29. The highest BCUT2D eigenvalue weighted by atomic mass is 19.1. The Kier molecular flexibility index (Phi) is 4.40. The van der Waals surface area contributed by atoms with Crippen molar-refractivity contribution in [3.8, 4) is 11.5 Å². The van der Waals surface area contributed by atoms with Crippen molar-refractivity contribution in [1.82, 2.24) is 0 Å². The zero-order valence-corrected chi connectivity index (χ0v) is 12.1. The minimum atomic E-state index is -0.295. The van der Waals surface area contributed by atoms with Gasteiger partial charge in [-0.2, -0.15) is 0 Å². The molecule has 0 aromatic heterocycles. The fourth-order valence-corrected chi connectivity index (χ4v) is 2.13. The van der Waals surface area contributed by atoms with Gasteiger partial charge in [0.25, 0.3) is 0 Å². The largest absolute Gasteiger partial charge is 0.457 e. The lowest BCUT2D eigenvalue weighted by Crippen LogP contribution is -2.17. The Morgan fingerprint density at radius 3 is 2.45 bits per heavy atom. The summed E-state index contributed by atoms with van der Waals surface area (Å²) in [6.07, 6.45) is 0.833. The molecule has 106 valence electrons. The Bertz CT molecular complexity index is 608. The first-order chi connectivity index (χ1) is 9.45. The molecule has 0 saturated heterocycles. The van der Waals surface area contributed by atoms with Gasteiger partial charge in [-0.3, -0.25) is 0 Å². The third-order valence-corrected chi connectivity index (χ3v) is 3.17. The van der Waals surface area contributed by atoms with Gasteiger partial charge in [0.2, 0.25) is 0 Å². The zero-order chi connectivity index (χ0) is 14.7. The number of nitrogens with two attached hydrogens (primary N) is 1. The SMILES string of the molecule is Cc1cc(CC(C)N)ccc1Oc1cc(F)ccc1C. The molecule has 0 bridgehead atoms. The van der Waals surface area contributed by atoms with Crippen LogP contribution in [0.25, 0.3) is 0 Å². The van der Waals surface area contributed by atoms with E-state index in [1.165, 1.54) is 17.7 Å². The van der Waals surface area contributed by atoms with Gasteiger partial charge in [-0.1, -0.05) is 18.2 Å². The van der Waals surface area contributed by atoms with Gasteiger partial charge in [0.1, 0.15) is 17.3 Å². The van der Waals surface area contributed by atoms with Crippen molar-refractivity contribution in [2.24, 2.45) is 5.73 Å². The van der Waals surface area contributed by atoms with E-state index in [2.05, 4.69) is 6.07 Å². The molecule has 0 aliphatic carbocycles. The molecule has 1 atom stereocenters. The molecule has 2 nitrogen and oxygen atoms in total. The third kappa shape index (κ3) is 3.58. The van der Waals surface area contributed by atoms with Crippen LogP contribution >= 0.6 is 0 Å². The van der Waals surface area contributed by atoms with Gasteiger partial charge in [-0.15, -0.1) is 0 Å². The highest BCUT2D eigenvalue weighted by Gasteiger charge is 2.07. The number of hydrogen-bond donors (Lipinski definition) is 1. The normalized spacial score (nSPS) is 12.2. The van der Waals surface area contributed by atoms with Gasteiger partial charge >= 0.3 is 0 Å². The minimum absolute atomic E-state index is 0.131. The molecule has 2 rings (SSSR count). The molecule has 0 radical (unpaired) electrons. The maximum absolute atomic E-state index is 13.3. The first-order valence-electron chi connectivity index (χ1n) is 6.75. The van der Waals surface area contributed by atoms with Crippen LogP contribution in [0.2, 0.25) is 0 Å². The summed E-state index contributed by atoms with van der Waals surface area (Å²) < 4.78 is 19.1. The average Bonchev–Trinajstić information content (AvgIpc) is 2.36. The van der Waals surface area contributed by atoms with E-state index in [0.717, 1.165) is 23.3 Å². The molecule has 20 heavy (non-hydrogen) atoms. The molecule has 0 heterocycles. The summed E-state index contributed by atoms with van der Waals surface area (Å²) in [7, 11) is 0. The van der Waals surface area contributed by atoms with Crippen molar-refractivity contribution in [3.63, 3.8) is 0 Å².